The fourth-order valence-electron chi connectivity index (χ4n) is 1.03. The van der Waals surface area contributed by atoms with E-state index in [0.717, 1.165) is 0 Å². The van der Waals surface area contributed by atoms with Crippen molar-refractivity contribution in [1.29, 1.82) is 0 Å². The highest BCUT2D eigenvalue weighted by molar-refractivity contribution is 9.10. The summed E-state index contributed by atoms with van der Waals surface area (Å²) in [6.07, 6.45) is -4.31. The average Bonchev–Trinajstić information content (AvgIpc) is 2.21. The molecule has 0 aliphatic heterocycles. The van der Waals surface area contributed by atoms with Gasteiger partial charge in [0, 0.05) is 11.8 Å². The van der Waals surface area contributed by atoms with Crippen LogP contribution in [-0.4, -0.2) is 26.0 Å². The minimum atomic E-state index is -4.31. The molecule has 1 aromatic rings. The second-order valence-corrected chi connectivity index (χ2v) is 4.06. The summed E-state index contributed by atoms with van der Waals surface area (Å²) in [5.41, 5.74) is 6.05. The zero-order chi connectivity index (χ0) is 12.9. The van der Waals surface area contributed by atoms with Crippen LogP contribution in [0.25, 0.3) is 0 Å². The van der Waals surface area contributed by atoms with Gasteiger partial charge in [-0.3, -0.25) is 0 Å². The summed E-state index contributed by atoms with van der Waals surface area (Å²) in [7, 11) is 0. The minimum Gasteiger partial charge on any atom is -0.490 e. The number of nitrogens with two attached hydrogens (primary N) is 1. The second kappa shape index (κ2) is 6.11. The van der Waals surface area contributed by atoms with Crippen molar-refractivity contribution in [3.8, 4) is 5.75 Å². The first-order valence-electron chi connectivity index (χ1n) is 4.71. The van der Waals surface area contributed by atoms with E-state index in [9.17, 15) is 13.2 Å². The van der Waals surface area contributed by atoms with Crippen molar-refractivity contribution in [3.05, 3.63) is 22.7 Å². The lowest BCUT2D eigenvalue weighted by Crippen LogP contribution is -2.19. The quantitative estimate of drug-likeness (QED) is 0.671. The van der Waals surface area contributed by atoms with Crippen LogP contribution < -0.4 is 10.5 Å². The van der Waals surface area contributed by atoms with Gasteiger partial charge < -0.3 is 15.2 Å². The Balaban J connectivity index is 2.29. The van der Waals surface area contributed by atoms with E-state index in [-0.39, 0.29) is 13.2 Å². The molecule has 0 saturated carbocycles. The third kappa shape index (κ3) is 5.78. The van der Waals surface area contributed by atoms with E-state index in [1.165, 1.54) is 0 Å². The molecule has 0 atom stereocenters. The van der Waals surface area contributed by atoms with Gasteiger partial charge in [-0.15, -0.1) is 0 Å². The summed E-state index contributed by atoms with van der Waals surface area (Å²) in [4.78, 5) is 0. The highest BCUT2D eigenvalue weighted by Crippen LogP contribution is 2.26. The Kier molecular flexibility index (Phi) is 5.07. The molecule has 1 aromatic carbocycles. The van der Waals surface area contributed by atoms with E-state index < -0.39 is 12.8 Å². The summed E-state index contributed by atoms with van der Waals surface area (Å²) in [6.45, 7) is -1.38. The highest BCUT2D eigenvalue weighted by atomic mass is 79.9. The van der Waals surface area contributed by atoms with Crippen molar-refractivity contribution >= 4 is 21.6 Å². The number of nitrogen functional groups attached to an aromatic ring is 1. The third-order valence-corrected chi connectivity index (χ3v) is 2.36. The van der Waals surface area contributed by atoms with Crippen LogP contribution in [0.2, 0.25) is 0 Å². The first kappa shape index (κ1) is 14.1. The highest BCUT2D eigenvalue weighted by Gasteiger charge is 2.27. The van der Waals surface area contributed by atoms with Gasteiger partial charge in [-0.1, -0.05) is 0 Å². The number of alkyl halides is 3. The predicted molar refractivity (Wildman–Crippen MR) is 60.9 cm³/mol. The molecule has 0 unspecified atom stereocenters. The SMILES string of the molecule is Nc1ccc(Br)c(OCCOCC(F)(F)F)c1. The van der Waals surface area contributed by atoms with Gasteiger partial charge in [0.05, 0.1) is 11.1 Å². The zero-order valence-electron chi connectivity index (χ0n) is 8.76. The van der Waals surface area contributed by atoms with Crippen LogP contribution in [0.15, 0.2) is 22.7 Å². The lowest BCUT2D eigenvalue weighted by atomic mass is 10.3. The van der Waals surface area contributed by atoms with Crippen molar-refractivity contribution in [2.24, 2.45) is 0 Å². The zero-order valence-corrected chi connectivity index (χ0v) is 10.3. The normalized spacial score (nSPS) is 11.5. The maximum Gasteiger partial charge on any atom is 0.411 e. The minimum absolute atomic E-state index is 0.0259. The molecule has 96 valence electrons. The van der Waals surface area contributed by atoms with Crippen LogP contribution in [0.3, 0.4) is 0 Å². The van der Waals surface area contributed by atoms with E-state index in [1.54, 1.807) is 18.2 Å². The van der Waals surface area contributed by atoms with Crippen LogP contribution in [0.1, 0.15) is 0 Å². The van der Waals surface area contributed by atoms with Gasteiger partial charge in [-0.05, 0) is 28.1 Å². The average molecular weight is 314 g/mol. The summed E-state index contributed by atoms with van der Waals surface area (Å²) in [6, 6.07) is 4.95. The topological polar surface area (TPSA) is 44.5 Å². The summed E-state index contributed by atoms with van der Waals surface area (Å²) in [5, 5.41) is 0. The van der Waals surface area contributed by atoms with Crippen LogP contribution in [0.5, 0.6) is 5.75 Å². The lowest BCUT2D eigenvalue weighted by Gasteiger charge is -2.10. The summed E-state index contributed by atoms with van der Waals surface area (Å²) >= 11 is 3.23. The van der Waals surface area contributed by atoms with E-state index in [4.69, 9.17) is 10.5 Å². The van der Waals surface area contributed by atoms with E-state index in [0.29, 0.717) is 15.9 Å². The van der Waals surface area contributed by atoms with Gasteiger partial charge in [-0.2, -0.15) is 13.2 Å². The molecule has 0 spiro atoms. The smallest absolute Gasteiger partial charge is 0.411 e. The Hall–Kier alpha value is -0.950. The van der Waals surface area contributed by atoms with Crippen molar-refractivity contribution in [1.82, 2.24) is 0 Å². The first-order valence-corrected chi connectivity index (χ1v) is 5.50. The van der Waals surface area contributed by atoms with Gasteiger partial charge in [-0.25, -0.2) is 0 Å². The summed E-state index contributed by atoms with van der Waals surface area (Å²) < 4.78 is 45.5. The number of ether oxygens (including phenoxy) is 2. The standard InChI is InChI=1S/C10H11BrF3NO2/c11-8-2-1-7(15)5-9(8)17-4-3-16-6-10(12,13)14/h1-2,5H,3-4,6,15H2. The molecular weight excluding hydrogens is 303 g/mol. The molecule has 0 amide bonds. The molecule has 2 N–H and O–H groups in total. The molecule has 0 aliphatic carbocycles. The molecule has 3 nitrogen and oxygen atoms in total. The molecule has 0 fully saturated rings. The number of anilines is 1. The fraction of sp³-hybridized carbons (Fsp3) is 0.400. The molecule has 17 heavy (non-hydrogen) atoms. The Labute approximate surface area is 105 Å². The van der Waals surface area contributed by atoms with Crippen molar-refractivity contribution < 1.29 is 22.6 Å². The first-order chi connectivity index (χ1) is 7.88. The lowest BCUT2D eigenvalue weighted by molar-refractivity contribution is -0.175. The molecule has 1 rings (SSSR count). The van der Waals surface area contributed by atoms with E-state index in [2.05, 4.69) is 20.7 Å². The second-order valence-electron chi connectivity index (χ2n) is 3.21. The number of hydrogen-bond acceptors (Lipinski definition) is 3. The molecule has 0 aliphatic rings. The van der Waals surface area contributed by atoms with Gasteiger partial charge in [0.2, 0.25) is 0 Å². The fourth-order valence-corrected chi connectivity index (χ4v) is 1.39. The van der Waals surface area contributed by atoms with Crippen LogP contribution in [0, 0.1) is 0 Å². The summed E-state index contributed by atoms with van der Waals surface area (Å²) in [5.74, 6) is 0.473. The van der Waals surface area contributed by atoms with Crippen LogP contribution in [0.4, 0.5) is 18.9 Å². The van der Waals surface area contributed by atoms with Gasteiger partial charge in [0.1, 0.15) is 19.0 Å². The van der Waals surface area contributed by atoms with Gasteiger partial charge in [0.25, 0.3) is 0 Å². The molecule has 7 heteroatoms. The molecule has 0 aromatic heterocycles. The Morgan fingerprint density at radius 3 is 2.59 bits per heavy atom. The predicted octanol–water partition coefficient (Wildman–Crippen LogP) is 2.99. The van der Waals surface area contributed by atoms with Crippen molar-refractivity contribution in [2.75, 3.05) is 25.6 Å². The molecule has 0 bridgehead atoms. The molecule has 0 saturated heterocycles. The monoisotopic (exact) mass is 313 g/mol. The third-order valence-electron chi connectivity index (χ3n) is 1.71. The number of rotatable bonds is 5. The van der Waals surface area contributed by atoms with E-state index in [1.807, 2.05) is 0 Å². The maximum atomic E-state index is 11.7. The van der Waals surface area contributed by atoms with E-state index >= 15 is 0 Å². The van der Waals surface area contributed by atoms with Crippen molar-refractivity contribution in [3.63, 3.8) is 0 Å². The van der Waals surface area contributed by atoms with Crippen LogP contribution >= 0.6 is 15.9 Å². The van der Waals surface area contributed by atoms with Crippen LogP contribution in [-0.2, 0) is 4.74 Å². The number of halogens is 4. The Morgan fingerprint density at radius 2 is 1.94 bits per heavy atom. The Morgan fingerprint density at radius 1 is 1.24 bits per heavy atom. The van der Waals surface area contributed by atoms with Crippen molar-refractivity contribution in [2.45, 2.75) is 6.18 Å². The largest absolute Gasteiger partial charge is 0.490 e. The maximum absolute atomic E-state index is 11.7. The molecular formula is C10H11BrF3NO2. The van der Waals surface area contributed by atoms with Gasteiger partial charge in [0.15, 0.2) is 0 Å². The number of hydrogen-bond donors (Lipinski definition) is 1. The Bertz CT molecular complexity index is 371. The molecule has 0 heterocycles. The number of benzene rings is 1. The van der Waals surface area contributed by atoms with Gasteiger partial charge >= 0.3 is 6.18 Å². The molecule has 0 radical (unpaired) electrons.